The molecule has 1 unspecified atom stereocenters. The molecular formula is C22H19NO4. The normalized spacial score (nSPS) is 12.2. The van der Waals surface area contributed by atoms with Gasteiger partial charge in [0.05, 0.1) is 13.2 Å². The third-order valence-electron chi connectivity index (χ3n) is 4.59. The minimum atomic E-state index is -0.820. The molecule has 1 amide bonds. The Morgan fingerprint density at radius 3 is 2.67 bits per heavy atom. The molecule has 0 aliphatic rings. The lowest BCUT2D eigenvalue weighted by molar-refractivity contribution is 0.0891. The maximum absolute atomic E-state index is 12.5. The van der Waals surface area contributed by atoms with E-state index >= 15 is 0 Å². The zero-order chi connectivity index (χ0) is 18.8. The van der Waals surface area contributed by atoms with Crippen LogP contribution >= 0.6 is 0 Å². The maximum atomic E-state index is 12.5. The van der Waals surface area contributed by atoms with E-state index < -0.39 is 6.10 Å². The smallest absolute Gasteiger partial charge is 0.287 e. The Morgan fingerprint density at radius 1 is 1.07 bits per heavy atom. The molecular weight excluding hydrogens is 342 g/mol. The zero-order valence-electron chi connectivity index (χ0n) is 14.8. The number of aliphatic hydroxyl groups is 1. The van der Waals surface area contributed by atoms with Gasteiger partial charge in [-0.25, -0.2) is 0 Å². The van der Waals surface area contributed by atoms with Crippen molar-refractivity contribution in [2.24, 2.45) is 0 Å². The third-order valence-corrected chi connectivity index (χ3v) is 4.59. The van der Waals surface area contributed by atoms with Gasteiger partial charge >= 0.3 is 0 Å². The van der Waals surface area contributed by atoms with Gasteiger partial charge in [-0.05, 0) is 28.5 Å². The number of carbonyl (C=O) groups is 1. The summed E-state index contributed by atoms with van der Waals surface area (Å²) in [6.45, 7) is 0.0843. The summed E-state index contributed by atoms with van der Waals surface area (Å²) in [6, 6.07) is 20.7. The molecule has 1 aromatic heterocycles. The number of rotatable bonds is 5. The van der Waals surface area contributed by atoms with Gasteiger partial charge in [0.2, 0.25) is 0 Å². The molecule has 0 bridgehead atoms. The Hall–Kier alpha value is -3.31. The van der Waals surface area contributed by atoms with Crippen LogP contribution in [0, 0.1) is 0 Å². The molecule has 4 aromatic rings. The third kappa shape index (κ3) is 3.25. The van der Waals surface area contributed by atoms with Crippen LogP contribution in [-0.2, 0) is 0 Å². The van der Waals surface area contributed by atoms with Crippen LogP contribution in [0.25, 0.3) is 21.7 Å². The Morgan fingerprint density at radius 2 is 1.81 bits per heavy atom. The number of para-hydroxylation sites is 1. The molecule has 0 aliphatic carbocycles. The van der Waals surface area contributed by atoms with Crippen molar-refractivity contribution in [3.05, 3.63) is 78.1 Å². The molecule has 0 saturated heterocycles. The standard InChI is InChI=1S/C22H19NO4/c1-26-19-11-5-8-15-12-20(27-21(15)19)22(25)23-13-18(24)17-10-4-7-14-6-2-3-9-16(14)17/h2-12,18,24H,13H2,1H3,(H,23,25). The summed E-state index contributed by atoms with van der Waals surface area (Å²) in [5.41, 5.74) is 1.31. The molecule has 27 heavy (non-hydrogen) atoms. The van der Waals surface area contributed by atoms with E-state index in [9.17, 15) is 9.90 Å². The molecule has 0 radical (unpaired) electrons. The molecule has 0 fully saturated rings. The summed E-state index contributed by atoms with van der Waals surface area (Å²) in [7, 11) is 1.55. The van der Waals surface area contributed by atoms with Gasteiger partial charge in [-0.15, -0.1) is 0 Å². The van der Waals surface area contributed by atoms with Crippen LogP contribution < -0.4 is 10.1 Å². The molecule has 1 atom stereocenters. The highest BCUT2D eigenvalue weighted by Crippen LogP contribution is 2.28. The van der Waals surface area contributed by atoms with Crippen molar-refractivity contribution in [3.8, 4) is 5.75 Å². The van der Waals surface area contributed by atoms with E-state index in [0.717, 1.165) is 21.7 Å². The molecule has 0 spiro atoms. The lowest BCUT2D eigenvalue weighted by Crippen LogP contribution is -2.28. The number of hydrogen-bond donors (Lipinski definition) is 2. The molecule has 1 heterocycles. The molecule has 0 saturated carbocycles. The Kier molecular flexibility index (Phi) is 4.52. The first-order valence-corrected chi connectivity index (χ1v) is 8.68. The molecule has 3 aromatic carbocycles. The number of fused-ring (bicyclic) bond motifs is 2. The first-order chi connectivity index (χ1) is 13.2. The first-order valence-electron chi connectivity index (χ1n) is 8.68. The second-order valence-corrected chi connectivity index (χ2v) is 6.28. The van der Waals surface area contributed by atoms with Gasteiger partial charge < -0.3 is 19.6 Å². The SMILES string of the molecule is COc1cccc2cc(C(=O)NCC(O)c3cccc4ccccc34)oc12. The fourth-order valence-electron chi connectivity index (χ4n) is 3.24. The highest BCUT2D eigenvalue weighted by Gasteiger charge is 2.17. The Bertz CT molecular complexity index is 1110. The van der Waals surface area contributed by atoms with Crippen molar-refractivity contribution in [2.45, 2.75) is 6.10 Å². The van der Waals surface area contributed by atoms with E-state index in [1.54, 1.807) is 19.2 Å². The van der Waals surface area contributed by atoms with Crippen LogP contribution in [-0.4, -0.2) is 24.7 Å². The van der Waals surface area contributed by atoms with E-state index in [-0.39, 0.29) is 18.2 Å². The van der Waals surface area contributed by atoms with Crippen LogP contribution in [0.3, 0.4) is 0 Å². The van der Waals surface area contributed by atoms with Crippen molar-refractivity contribution in [1.82, 2.24) is 5.32 Å². The largest absolute Gasteiger partial charge is 0.493 e. The number of carbonyl (C=O) groups excluding carboxylic acids is 1. The van der Waals surface area contributed by atoms with Gasteiger partial charge in [-0.3, -0.25) is 4.79 Å². The number of hydrogen-bond acceptors (Lipinski definition) is 4. The predicted octanol–water partition coefficient (Wildman–Crippen LogP) is 4.06. The number of amides is 1. The fourth-order valence-corrected chi connectivity index (χ4v) is 3.24. The summed E-state index contributed by atoms with van der Waals surface area (Å²) >= 11 is 0. The maximum Gasteiger partial charge on any atom is 0.287 e. The summed E-state index contributed by atoms with van der Waals surface area (Å²) in [6.07, 6.45) is -0.820. The molecule has 0 aliphatic heterocycles. The molecule has 136 valence electrons. The Labute approximate surface area is 156 Å². The summed E-state index contributed by atoms with van der Waals surface area (Å²) < 4.78 is 10.9. The molecule has 5 nitrogen and oxygen atoms in total. The van der Waals surface area contributed by atoms with Crippen LogP contribution in [0.4, 0.5) is 0 Å². The van der Waals surface area contributed by atoms with Gasteiger partial charge in [0, 0.05) is 11.9 Å². The van der Waals surface area contributed by atoms with Gasteiger partial charge in [0.1, 0.15) is 0 Å². The summed E-state index contributed by atoms with van der Waals surface area (Å²) in [4.78, 5) is 12.5. The van der Waals surface area contributed by atoms with Crippen molar-refractivity contribution in [2.75, 3.05) is 13.7 Å². The van der Waals surface area contributed by atoms with Gasteiger partial charge in [0.25, 0.3) is 5.91 Å². The number of ether oxygens (including phenoxy) is 1. The number of furan rings is 1. The zero-order valence-corrected chi connectivity index (χ0v) is 14.8. The van der Waals surface area contributed by atoms with Gasteiger partial charge in [0.15, 0.2) is 17.1 Å². The topological polar surface area (TPSA) is 71.7 Å². The summed E-state index contributed by atoms with van der Waals surface area (Å²) in [5.74, 6) is 0.370. The number of aliphatic hydroxyl groups excluding tert-OH is 1. The average molecular weight is 361 g/mol. The lowest BCUT2D eigenvalue weighted by Gasteiger charge is -2.14. The Balaban J connectivity index is 1.52. The van der Waals surface area contributed by atoms with Gasteiger partial charge in [-0.2, -0.15) is 0 Å². The van der Waals surface area contributed by atoms with E-state index in [2.05, 4.69) is 5.32 Å². The fraction of sp³-hybridized carbons (Fsp3) is 0.136. The average Bonchev–Trinajstić information content (AvgIpc) is 3.15. The second kappa shape index (κ2) is 7.13. The quantitative estimate of drug-likeness (QED) is 0.562. The van der Waals surface area contributed by atoms with Crippen molar-refractivity contribution in [1.29, 1.82) is 0 Å². The lowest BCUT2D eigenvalue weighted by atomic mass is 10.0. The van der Waals surface area contributed by atoms with Crippen molar-refractivity contribution in [3.63, 3.8) is 0 Å². The number of methoxy groups -OCH3 is 1. The van der Waals surface area contributed by atoms with Gasteiger partial charge in [-0.1, -0.05) is 54.6 Å². The van der Waals surface area contributed by atoms with E-state index in [0.29, 0.717) is 11.3 Å². The van der Waals surface area contributed by atoms with E-state index in [1.165, 1.54) is 0 Å². The molecule has 2 N–H and O–H groups in total. The number of nitrogens with one attached hydrogen (secondary N) is 1. The monoisotopic (exact) mass is 361 g/mol. The second-order valence-electron chi connectivity index (χ2n) is 6.28. The van der Waals surface area contributed by atoms with Crippen molar-refractivity contribution < 1.29 is 19.1 Å². The number of benzene rings is 3. The highest BCUT2D eigenvalue weighted by atomic mass is 16.5. The summed E-state index contributed by atoms with van der Waals surface area (Å²) in [5, 5.41) is 16.1. The van der Waals surface area contributed by atoms with E-state index in [4.69, 9.17) is 9.15 Å². The van der Waals surface area contributed by atoms with Crippen LogP contribution in [0.5, 0.6) is 5.75 Å². The predicted molar refractivity (Wildman–Crippen MR) is 104 cm³/mol. The minimum Gasteiger partial charge on any atom is -0.493 e. The highest BCUT2D eigenvalue weighted by molar-refractivity contribution is 5.97. The van der Waals surface area contributed by atoms with E-state index in [1.807, 2.05) is 54.6 Å². The van der Waals surface area contributed by atoms with Crippen LogP contribution in [0.2, 0.25) is 0 Å². The van der Waals surface area contributed by atoms with Crippen molar-refractivity contribution >= 4 is 27.6 Å². The van der Waals surface area contributed by atoms with Crippen LogP contribution in [0.1, 0.15) is 22.2 Å². The molecule has 5 heteroatoms. The first kappa shape index (κ1) is 17.1. The molecule has 4 rings (SSSR count). The minimum absolute atomic E-state index is 0.0843. The van der Waals surface area contributed by atoms with Crippen LogP contribution in [0.15, 0.2) is 71.1 Å².